The molecule has 0 bridgehead atoms. The number of hydrogen-bond acceptors (Lipinski definition) is 3. The van der Waals surface area contributed by atoms with Gasteiger partial charge in [0.05, 0.1) is 13.2 Å². The van der Waals surface area contributed by atoms with Crippen LogP contribution in [-0.4, -0.2) is 51.2 Å². The number of hydrogen-bond donors (Lipinski definition) is 2. The molecule has 6 heteroatoms. The van der Waals surface area contributed by atoms with Gasteiger partial charge in [0.1, 0.15) is 5.75 Å². The monoisotopic (exact) mass is 472 g/mol. The number of methoxy groups -OCH3 is 1. The van der Waals surface area contributed by atoms with Crippen LogP contribution in [-0.2, 0) is 0 Å². The summed E-state index contributed by atoms with van der Waals surface area (Å²) in [7, 11) is 3.61. The van der Waals surface area contributed by atoms with Gasteiger partial charge in [0.25, 0.3) is 0 Å². The SMILES string of the molecule is CN=C(NCC1CC1)NCC(c1ccccc1OC)N1CCCCC1.I. The lowest BCUT2D eigenvalue weighted by atomic mass is 10.0. The standard InChI is InChI=1S/C20H32N4O.HI/c1-21-20(22-14-16-10-11-16)23-15-18(24-12-6-3-7-13-24)17-8-4-5-9-19(17)25-2;/h4-5,8-9,16,18H,3,6-7,10-15H2,1-2H3,(H2,21,22,23);1H. The Morgan fingerprint density at radius 1 is 1.19 bits per heavy atom. The molecule has 0 amide bonds. The first-order chi connectivity index (χ1) is 12.3. The van der Waals surface area contributed by atoms with Gasteiger partial charge in [-0.05, 0) is 50.8 Å². The van der Waals surface area contributed by atoms with Crippen LogP contribution in [0.1, 0.15) is 43.7 Å². The fourth-order valence-electron chi connectivity index (χ4n) is 3.58. The van der Waals surface area contributed by atoms with Gasteiger partial charge in [0.15, 0.2) is 5.96 Å². The fourth-order valence-corrected chi connectivity index (χ4v) is 3.58. The summed E-state index contributed by atoms with van der Waals surface area (Å²) in [5, 5.41) is 7.00. The second-order valence-electron chi connectivity index (χ2n) is 7.13. The number of benzene rings is 1. The molecular weight excluding hydrogens is 439 g/mol. The molecule has 26 heavy (non-hydrogen) atoms. The molecule has 3 rings (SSSR count). The van der Waals surface area contributed by atoms with E-state index in [0.29, 0.717) is 6.04 Å². The molecule has 1 saturated heterocycles. The Bertz CT molecular complexity index is 571. The molecule has 1 heterocycles. The maximum atomic E-state index is 5.64. The lowest BCUT2D eigenvalue weighted by Crippen LogP contribution is -2.45. The zero-order valence-electron chi connectivity index (χ0n) is 16.0. The van der Waals surface area contributed by atoms with E-state index in [1.165, 1.54) is 37.7 Å². The zero-order valence-corrected chi connectivity index (χ0v) is 18.4. The first kappa shape index (κ1) is 21.3. The molecular formula is C20H33IN4O. The van der Waals surface area contributed by atoms with Crippen molar-refractivity contribution in [3.8, 4) is 5.75 Å². The van der Waals surface area contributed by atoms with Gasteiger partial charge in [-0.1, -0.05) is 24.6 Å². The minimum absolute atomic E-state index is 0. The van der Waals surface area contributed by atoms with E-state index >= 15 is 0 Å². The first-order valence-electron chi connectivity index (χ1n) is 9.63. The summed E-state index contributed by atoms with van der Waals surface area (Å²) in [6, 6.07) is 8.71. The predicted octanol–water partition coefficient (Wildman–Crippen LogP) is 3.42. The minimum Gasteiger partial charge on any atom is -0.496 e. The quantitative estimate of drug-likeness (QED) is 0.363. The van der Waals surface area contributed by atoms with Crippen LogP contribution in [0.15, 0.2) is 29.3 Å². The Hall–Kier alpha value is -1.02. The van der Waals surface area contributed by atoms with Crippen LogP contribution in [0.3, 0.4) is 0 Å². The highest BCUT2D eigenvalue weighted by Crippen LogP contribution is 2.31. The number of halogens is 1. The number of rotatable bonds is 7. The molecule has 2 aliphatic rings. The van der Waals surface area contributed by atoms with E-state index in [9.17, 15) is 0 Å². The average Bonchev–Trinajstić information content (AvgIpc) is 3.50. The molecule has 0 radical (unpaired) electrons. The van der Waals surface area contributed by atoms with Crippen LogP contribution < -0.4 is 15.4 Å². The van der Waals surface area contributed by atoms with Crippen molar-refractivity contribution in [3.63, 3.8) is 0 Å². The number of nitrogens with one attached hydrogen (secondary N) is 2. The van der Waals surface area contributed by atoms with Crippen molar-refractivity contribution in [2.24, 2.45) is 10.9 Å². The summed E-state index contributed by atoms with van der Waals surface area (Å²) < 4.78 is 5.64. The average molecular weight is 472 g/mol. The van der Waals surface area contributed by atoms with Crippen LogP contribution in [0.4, 0.5) is 0 Å². The van der Waals surface area contributed by atoms with Crippen molar-refractivity contribution in [3.05, 3.63) is 29.8 Å². The Morgan fingerprint density at radius 3 is 2.58 bits per heavy atom. The van der Waals surface area contributed by atoms with Crippen LogP contribution in [0, 0.1) is 5.92 Å². The number of likely N-dealkylation sites (tertiary alicyclic amines) is 1. The van der Waals surface area contributed by atoms with E-state index in [4.69, 9.17) is 4.74 Å². The van der Waals surface area contributed by atoms with Crippen LogP contribution in [0.2, 0.25) is 0 Å². The summed E-state index contributed by atoms with van der Waals surface area (Å²) in [4.78, 5) is 6.97. The summed E-state index contributed by atoms with van der Waals surface area (Å²) >= 11 is 0. The van der Waals surface area contributed by atoms with Crippen molar-refractivity contribution in [2.45, 2.75) is 38.1 Å². The van der Waals surface area contributed by atoms with Crippen LogP contribution in [0.5, 0.6) is 5.75 Å². The van der Waals surface area contributed by atoms with Gasteiger partial charge in [-0.2, -0.15) is 0 Å². The largest absolute Gasteiger partial charge is 0.496 e. The van der Waals surface area contributed by atoms with Gasteiger partial charge in [0, 0.05) is 25.7 Å². The number of nitrogens with zero attached hydrogens (tertiary/aromatic N) is 2. The normalized spacial score (nSPS) is 19.4. The Morgan fingerprint density at radius 2 is 1.92 bits per heavy atom. The summed E-state index contributed by atoms with van der Waals surface area (Å²) in [5.74, 6) is 2.72. The van der Waals surface area contributed by atoms with E-state index in [0.717, 1.165) is 43.8 Å². The molecule has 0 aromatic heterocycles. The summed E-state index contributed by atoms with van der Waals surface area (Å²) in [6.07, 6.45) is 6.59. The topological polar surface area (TPSA) is 48.9 Å². The highest BCUT2D eigenvalue weighted by molar-refractivity contribution is 14.0. The predicted molar refractivity (Wildman–Crippen MR) is 119 cm³/mol. The molecule has 146 valence electrons. The number of ether oxygens (including phenoxy) is 1. The smallest absolute Gasteiger partial charge is 0.191 e. The van der Waals surface area contributed by atoms with Gasteiger partial charge in [-0.3, -0.25) is 9.89 Å². The summed E-state index contributed by atoms with van der Waals surface area (Å²) in [5.41, 5.74) is 1.26. The molecule has 1 aromatic rings. The third-order valence-electron chi connectivity index (χ3n) is 5.27. The van der Waals surface area contributed by atoms with Gasteiger partial charge in [0.2, 0.25) is 0 Å². The Balaban J connectivity index is 0.00000243. The molecule has 1 aliphatic heterocycles. The maximum Gasteiger partial charge on any atom is 0.191 e. The third-order valence-corrected chi connectivity index (χ3v) is 5.27. The van der Waals surface area contributed by atoms with Crippen molar-refractivity contribution in [1.29, 1.82) is 0 Å². The molecule has 0 spiro atoms. The molecule has 5 nitrogen and oxygen atoms in total. The number of aliphatic imine (C=N–C) groups is 1. The molecule has 1 aliphatic carbocycles. The van der Waals surface area contributed by atoms with Crippen molar-refractivity contribution >= 4 is 29.9 Å². The lowest BCUT2D eigenvalue weighted by molar-refractivity contribution is 0.161. The molecule has 2 fully saturated rings. The Labute approximate surface area is 175 Å². The van der Waals surface area contributed by atoms with E-state index in [2.05, 4.69) is 38.7 Å². The molecule has 1 aromatic carbocycles. The lowest BCUT2D eigenvalue weighted by Gasteiger charge is -2.35. The second-order valence-corrected chi connectivity index (χ2v) is 7.13. The highest BCUT2D eigenvalue weighted by Gasteiger charge is 2.25. The molecule has 2 N–H and O–H groups in total. The second kappa shape index (κ2) is 11.0. The molecule has 1 unspecified atom stereocenters. The van der Waals surface area contributed by atoms with E-state index in [-0.39, 0.29) is 24.0 Å². The van der Waals surface area contributed by atoms with E-state index in [1.54, 1.807) is 7.11 Å². The zero-order chi connectivity index (χ0) is 17.5. The van der Waals surface area contributed by atoms with Crippen LogP contribution in [0.25, 0.3) is 0 Å². The Kier molecular flexibility index (Phi) is 8.98. The third kappa shape index (κ3) is 6.01. The maximum absolute atomic E-state index is 5.64. The summed E-state index contributed by atoms with van der Waals surface area (Å²) in [6.45, 7) is 4.17. The van der Waals surface area contributed by atoms with Crippen LogP contribution >= 0.6 is 24.0 Å². The first-order valence-corrected chi connectivity index (χ1v) is 9.63. The van der Waals surface area contributed by atoms with Crippen molar-refractivity contribution < 1.29 is 4.74 Å². The van der Waals surface area contributed by atoms with E-state index < -0.39 is 0 Å². The number of para-hydroxylation sites is 1. The molecule has 1 atom stereocenters. The van der Waals surface area contributed by atoms with Gasteiger partial charge >= 0.3 is 0 Å². The van der Waals surface area contributed by atoms with Gasteiger partial charge in [-0.15, -0.1) is 24.0 Å². The van der Waals surface area contributed by atoms with E-state index in [1.807, 2.05) is 13.1 Å². The highest BCUT2D eigenvalue weighted by atomic mass is 127. The van der Waals surface area contributed by atoms with Gasteiger partial charge < -0.3 is 15.4 Å². The van der Waals surface area contributed by atoms with Crippen molar-refractivity contribution in [2.75, 3.05) is 40.3 Å². The minimum atomic E-state index is 0. The van der Waals surface area contributed by atoms with Crippen molar-refractivity contribution in [1.82, 2.24) is 15.5 Å². The number of piperidine rings is 1. The molecule has 1 saturated carbocycles. The fraction of sp³-hybridized carbons (Fsp3) is 0.650. The number of guanidine groups is 1. The van der Waals surface area contributed by atoms with Gasteiger partial charge in [-0.25, -0.2) is 0 Å².